The molecule has 0 aliphatic carbocycles. The first-order chi connectivity index (χ1) is 17.7. The number of nitrogens with zero attached hydrogens (tertiary/aromatic N) is 1. The van der Waals surface area contributed by atoms with Gasteiger partial charge in [0.1, 0.15) is 18.9 Å². The number of hydrogen-bond acceptors (Lipinski definition) is 7. The summed E-state index contributed by atoms with van der Waals surface area (Å²) in [7, 11) is -6.37. The molecule has 1 amide bonds. The molecule has 0 fully saturated rings. The number of carboxylic acids is 1. The van der Waals surface area contributed by atoms with E-state index < -0.39 is 34.9 Å². The molecule has 0 aliphatic rings. The molecular formula is C25H25Cl2N2O7PS. The van der Waals surface area contributed by atoms with Gasteiger partial charge in [-0.2, -0.15) is 0 Å². The smallest absolute Gasteiger partial charge is 0.326 e. The normalized spacial score (nSPS) is 13.9. The molecule has 13 heteroatoms. The van der Waals surface area contributed by atoms with Crippen LogP contribution in [0.2, 0.25) is 10.0 Å². The molecule has 3 aromatic rings. The standard InChI is InChI=1S/C25H25Cl2N2O7PS/c1-37(34,18-5-3-4-17(30)12-18)7-6-15-9-20(26)23(21(27)10-15)24(31)29-22(25(32)33)11-16-8-19(14-28-13-16)38(2,35)36/h3-5,8-10,12-14,22,30H,6-7,11H2,1-2H3,(H,29,31)(H,32,33)/t22-,37?/m0/s1. The van der Waals surface area contributed by atoms with Crippen LogP contribution in [0.15, 0.2) is 59.8 Å². The predicted molar refractivity (Wildman–Crippen MR) is 146 cm³/mol. The van der Waals surface area contributed by atoms with Gasteiger partial charge in [0, 0.05) is 36.5 Å². The lowest BCUT2D eigenvalue weighted by atomic mass is 10.1. The number of aliphatic carboxylic acids is 1. The summed E-state index contributed by atoms with van der Waals surface area (Å²) in [6.07, 6.45) is 3.82. The number of carbonyl (C=O) groups is 2. The molecule has 38 heavy (non-hydrogen) atoms. The van der Waals surface area contributed by atoms with Gasteiger partial charge in [-0.1, -0.05) is 35.3 Å². The van der Waals surface area contributed by atoms with Crippen LogP contribution in [0.1, 0.15) is 21.5 Å². The molecule has 1 heterocycles. The summed E-state index contributed by atoms with van der Waals surface area (Å²) in [5.41, 5.74) is 0.792. The van der Waals surface area contributed by atoms with E-state index in [2.05, 4.69) is 10.3 Å². The summed E-state index contributed by atoms with van der Waals surface area (Å²) in [4.78, 5) is 28.5. The second-order valence-corrected chi connectivity index (χ2v) is 14.9. The van der Waals surface area contributed by atoms with E-state index in [1.807, 2.05) is 0 Å². The van der Waals surface area contributed by atoms with Crippen molar-refractivity contribution in [1.82, 2.24) is 10.3 Å². The van der Waals surface area contributed by atoms with E-state index in [4.69, 9.17) is 23.2 Å². The second kappa shape index (κ2) is 11.9. The van der Waals surface area contributed by atoms with Crippen LogP contribution in [-0.4, -0.2) is 60.6 Å². The molecule has 0 aliphatic heterocycles. The summed E-state index contributed by atoms with van der Waals surface area (Å²) in [6.45, 7) is 1.61. The number of aromatic nitrogens is 1. The zero-order chi connectivity index (χ0) is 28.3. The van der Waals surface area contributed by atoms with E-state index in [0.29, 0.717) is 22.9 Å². The zero-order valence-electron chi connectivity index (χ0n) is 20.4. The number of sulfone groups is 1. The largest absolute Gasteiger partial charge is 0.508 e. The first kappa shape index (κ1) is 29.6. The molecule has 2 atom stereocenters. The number of phenols is 1. The maximum absolute atomic E-state index is 13.2. The molecule has 1 unspecified atom stereocenters. The van der Waals surface area contributed by atoms with Crippen molar-refractivity contribution in [2.45, 2.75) is 23.8 Å². The predicted octanol–water partition coefficient (Wildman–Crippen LogP) is 3.78. The summed E-state index contributed by atoms with van der Waals surface area (Å²) >= 11 is 12.7. The van der Waals surface area contributed by atoms with Gasteiger partial charge in [0.2, 0.25) is 0 Å². The van der Waals surface area contributed by atoms with Crippen molar-refractivity contribution in [3.63, 3.8) is 0 Å². The fourth-order valence-corrected chi connectivity index (χ4v) is 6.76. The van der Waals surface area contributed by atoms with Crippen molar-refractivity contribution in [2.24, 2.45) is 0 Å². The van der Waals surface area contributed by atoms with Gasteiger partial charge in [-0.3, -0.25) is 9.78 Å². The first-order valence-corrected chi connectivity index (χ1v) is 16.2. The van der Waals surface area contributed by atoms with Gasteiger partial charge in [-0.25, -0.2) is 13.2 Å². The second-order valence-electron chi connectivity index (χ2n) is 8.90. The van der Waals surface area contributed by atoms with Crippen molar-refractivity contribution < 1.29 is 32.8 Å². The van der Waals surface area contributed by atoms with Crippen LogP contribution in [0.4, 0.5) is 0 Å². The number of phenolic OH excluding ortho intramolecular Hbond substituents is 1. The van der Waals surface area contributed by atoms with Crippen molar-refractivity contribution in [3.8, 4) is 5.75 Å². The Kier molecular flexibility index (Phi) is 9.26. The number of aromatic hydroxyl groups is 1. The molecule has 3 rings (SSSR count). The minimum absolute atomic E-state index is 0.0156. The van der Waals surface area contributed by atoms with Crippen LogP contribution in [0.25, 0.3) is 0 Å². The van der Waals surface area contributed by atoms with Gasteiger partial charge in [0.25, 0.3) is 5.91 Å². The van der Waals surface area contributed by atoms with E-state index >= 15 is 0 Å². The molecule has 0 saturated carbocycles. The Balaban J connectivity index is 1.76. The number of benzene rings is 2. The molecule has 202 valence electrons. The number of carboxylic acid groups (broad SMARTS) is 1. The Labute approximate surface area is 230 Å². The maximum Gasteiger partial charge on any atom is 0.326 e. The average Bonchev–Trinajstić information content (AvgIpc) is 2.81. The van der Waals surface area contributed by atoms with Crippen molar-refractivity contribution in [3.05, 3.63) is 81.6 Å². The number of carbonyl (C=O) groups excluding carboxylic acids is 1. The molecule has 9 nitrogen and oxygen atoms in total. The molecule has 0 spiro atoms. The number of aryl methyl sites for hydroxylation is 1. The highest BCUT2D eigenvalue weighted by Gasteiger charge is 2.25. The van der Waals surface area contributed by atoms with E-state index in [1.165, 1.54) is 36.5 Å². The van der Waals surface area contributed by atoms with Gasteiger partial charge in [-0.05, 0) is 54.5 Å². The van der Waals surface area contributed by atoms with Gasteiger partial charge in [-0.15, -0.1) is 0 Å². The Hall–Kier alpha value is -2.91. The minimum atomic E-state index is -3.56. The van der Waals surface area contributed by atoms with Crippen molar-refractivity contribution in [1.29, 1.82) is 0 Å². The van der Waals surface area contributed by atoms with Crippen LogP contribution >= 0.6 is 30.3 Å². The SMILES string of the molecule is CP(=O)(CCc1cc(Cl)c(C(=O)N[C@@H](Cc2cncc(S(C)(=O)=O)c2)C(=O)O)c(Cl)c1)c1cccc(O)c1. The van der Waals surface area contributed by atoms with Crippen molar-refractivity contribution in [2.75, 3.05) is 19.1 Å². The number of hydrogen-bond donors (Lipinski definition) is 3. The summed E-state index contributed by atoms with van der Waals surface area (Å²) in [5.74, 6) is -2.16. The van der Waals surface area contributed by atoms with Crippen LogP contribution in [-0.2, 0) is 32.0 Å². The van der Waals surface area contributed by atoms with Gasteiger partial charge < -0.3 is 20.1 Å². The van der Waals surface area contributed by atoms with Crippen LogP contribution in [0, 0.1) is 0 Å². The summed E-state index contributed by atoms with van der Waals surface area (Å²) in [6, 6.07) is 9.12. The molecule has 1 aromatic heterocycles. The minimum Gasteiger partial charge on any atom is -0.508 e. The van der Waals surface area contributed by atoms with E-state index in [0.717, 1.165) is 12.5 Å². The lowest BCUT2D eigenvalue weighted by Gasteiger charge is -2.17. The lowest BCUT2D eigenvalue weighted by molar-refractivity contribution is -0.139. The number of halogens is 2. The fraction of sp³-hybridized carbons (Fsp3) is 0.240. The van der Waals surface area contributed by atoms with E-state index in [9.17, 15) is 32.8 Å². The number of nitrogens with one attached hydrogen (secondary N) is 1. The maximum atomic E-state index is 13.2. The van der Waals surface area contributed by atoms with Crippen LogP contribution in [0.5, 0.6) is 5.75 Å². The molecule has 3 N–H and O–H groups in total. The number of pyridine rings is 1. The average molecular weight is 599 g/mol. The van der Waals surface area contributed by atoms with Crippen LogP contribution < -0.4 is 10.6 Å². The summed E-state index contributed by atoms with van der Waals surface area (Å²) in [5, 5.41) is 22.2. The van der Waals surface area contributed by atoms with Gasteiger partial charge >= 0.3 is 5.97 Å². The highest BCUT2D eigenvalue weighted by Crippen LogP contribution is 2.41. The quantitative estimate of drug-likeness (QED) is 0.298. The van der Waals surface area contributed by atoms with Crippen molar-refractivity contribution >= 4 is 57.4 Å². The fourth-order valence-electron chi connectivity index (χ4n) is 3.69. The summed E-state index contributed by atoms with van der Waals surface area (Å²) < 4.78 is 36.7. The Morgan fingerprint density at radius 2 is 1.74 bits per heavy atom. The van der Waals surface area contributed by atoms with Gasteiger partial charge in [0.05, 0.1) is 20.5 Å². The van der Waals surface area contributed by atoms with Gasteiger partial charge in [0.15, 0.2) is 9.84 Å². The highest BCUT2D eigenvalue weighted by atomic mass is 35.5. The van der Waals surface area contributed by atoms with E-state index in [1.54, 1.807) is 18.8 Å². The Morgan fingerprint density at radius 3 is 2.32 bits per heavy atom. The van der Waals surface area contributed by atoms with E-state index in [-0.39, 0.29) is 38.8 Å². The molecule has 0 bridgehead atoms. The first-order valence-electron chi connectivity index (χ1n) is 11.2. The monoisotopic (exact) mass is 598 g/mol. The zero-order valence-corrected chi connectivity index (χ0v) is 23.6. The third-order valence-electron chi connectivity index (χ3n) is 5.77. The molecular weight excluding hydrogens is 574 g/mol. The topological polar surface area (TPSA) is 151 Å². The third kappa shape index (κ3) is 7.57. The third-order valence-corrected chi connectivity index (χ3v) is 9.90. The number of amides is 1. The Bertz CT molecular complexity index is 1520. The lowest BCUT2D eigenvalue weighted by Crippen LogP contribution is -2.42. The molecule has 0 radical (unpaired) electrons. The highest BCUT2D eigenvalue weighted by molar-refractivity contribution is 7.90. The molecule has 0 saturated heterocycles. The number of rotatable bonds is 10. The Morgan fingerprint density at radius 1 is 1.08 bits per heavy atom. The molecule has 2 aromatic carbocycles. The van der Waals surface area contributed by atoms with Crippen LogP contribution in [0.3, 0.4) is 0 Å².